The van der Waals surface area contributed by atoms with E-state index in [1.165, 1.54) is 25.7 Å². The minimum atomic E-state index is 0.0815. The van der Waals surface area contributed by atoms with Crippen LogP contribution in [0.3, 0.4) is 0 Å². The highest BCUT2D eigenvalue weighted by molar-refractivity contribution is 5.73. The van der Waals surface area contributed by atoms with Crippen LogP contribution in [-0.2, 0) is 4.79 Å². The van der Waals surface area contributed by atoms with Crippen molar-refractivity contribution in [2.75, 3.05) is 0 Å². The van der Waals surface area contributed by atoms with Crippen molar-refractivity contribution in [1.82, 2.24) is 5.32 Å². The molecule has 72 valence electrons. The van der Waals surface area contributed by atoms with Gasteiger partial charge in [-0.25, -0.2) is 0 Å². The second kappa shape index (κ2) is 7.14. The number of carbonyl (C=O) groups excluding carboxylic acids is 1. The average molecular weight is 171 g/mol. The van der Waals surface area contributed by atoms with Crippen molar-refractivity contribution < 1.29 is 4.79 Å². The Morgan fingerprint density at radius 2 is 2.00 bits per heavy atom. The summed E-state index contributed by atoms with van der Waals surface area (Å²) in [5.74, 6) is 0.0815. The van der Waals surface area contributed by atoms with Crippen LogP contribution in [-0.4, -0.2) is 11.9 Å². The summed E-state index contributed by atoms with van der Waals surface area (Å²) in [4.78, 5) is 10.6. The van der Waals surface area contributed by atoms with Gasteiger partial charge in [0.15, 0.2) is 0 Å². The zero-order valence-electron chi connectivity index (χ0n) is 8.52. The molecule has 0 bridgehead atoms. The lowest BCUT2D eigenvalue weighted by atomic mass is 10.1. The lowest BCUT2D eigenvalue weighted by molar-refractivity contribution is -0.119. The molecule has 0 saturated heterocycles. The van der Waals surface area contributed by atoms with Crippen LogP contribution < -0.4 is 5.32 Å². The van der Waals surface area contributed by atoms with Crippen LogP contribution in [0.5, 0.6) is 0 Å². The molecule has 2 nitrogen and oxygen atoms in total. The van der Waals surface area contributed by atoms with Gasteiger partial charge in [0, 0.05) is 13.0 Å². The number of carbonyl (C=O) groups is 1. The Balaban J connectivity index is 3.19. The molecule has 12 heavy (non-hydrogen) atoms. The number of hydrogen-bond acceptors (Lipinski definition) is 1. The predicted molar refractivity (Wildman–Crippen MR) is 52.0 cm³/mol. The van der Waals surface area contributed by atoms with E-state index in [9.17, 15) is 4.79 Å². The molecule has 0 aliphatic carbocycles. The summed E-state index contributed by atoms with van der Waals surface area (Å²) in [6, 6.07) is 0.347. The molecule has 0 unspecified atom stereocenters. The molecule has 0 rings (SSSR count). The van der Waals surface area contributed by atoms with Gasteiger partial charge in [0.25, 0.3) is 0 Å². The summed E-state index contributed by atoms with van der Waals surface area (Å²) >= 11 is 0. The molecule has 0 aliphatic heterocycles. The van der Waals surface area contributed by atoms with Crippen molar-refractivity contribution >= 4 is 5.91 Å². The van der Waals surface area contributed by atoms with Gasteiger partial charge >= 0.3 is 0 Å². The Morgan fingerprint density at radius 1 is 1.33 bits per heavy atom. The van der Waals surface area contributed by atoms with Crippen LogP contribution in [0.1, 0.15) is 52.9 Å². The fraction of sp³-hybridized carbons (Fsp3) is 0.900. The van der Waals surface area contributed by atoms with Crippen LogP contribution in [0.4, 0.5) is 0 Å². The molecule has 0 aromatic heterocycles. The molecule has 1 atom stereocenters. The van der Waals surface area contributed by atoms with E-state index in [4.69, 9.17) is 0 Å². The Bertz CT molecular complexity index is 123. The second-order valence-corrected chi connectivity index (χ2v) is 3.45. The van der Waals surface area contributed by atoms with E-state index >= 15 is 0 Å². The van der Waals surface area contributed by atoms with E-state index in [-0.39, 0.29) is 5.91 Å². The van der Waals surface area contributed by atoms with Crippen LogP contribution in [0, 0.1) is 0 Å². The van der Waals surface area contributed by atoms with Gasteiger partial charge in [0.1, 0.15) is 0 Å². The van der Waals surface area contributed by atoms with Crippen molar-refractivity contribution in [3.8, 4) is 0 Å². The molecular weight excluding hydrogens is 150 g/mol. The second-order valence-electron chi connectivity index (χ2n) is 3.45. The van der Waals surface area contributed by atoms with E-state index in [1.807, 2.05) is 0 Å². The number of unbranched alkanes of at least 4 members (excludes halogenated alkanes) is 3. The summed E-state index contributed by atoms with van der Waals surface area (Å²) in [5, 5.41) is 2.88. The summed E-state index contributed by atoms with van der Waals surface area (Å²) in [6.07, 6.45) is 6.22. The van der Waals surface area contributed by atoms with Gasteiger partial charge in [-0.2, -0.15) is 0 Å². The standard InChI is InChI=1S/C10H21NO/c1-4-5-6-7-8-9(2)11-10(3)12/h9H,4-8H2,1-3H3,(H,11,12)/t9-/m0/s1. The molecular formula is C10H21NO. The number of amides is 1. The third-order valence-corrected chi connectivity index (χ3v) is 1.94. The van der Waals surface area contributed by atoms with Gasteiger partial charge in [-0.05, 0) is 13.3 Å². The summed E-state index contributed by atoms with van der Waals surface area (Å²) < 4.78 is 0. The highest BCUT2D eigenvalue weighted by atomic mass is 16.1. The van der Waals surface area contributed by atoms with Gasteiger partial charge in [0.2, 0.25) is 5.91 Å². The van der Waals surface area contributed by atoms with E-state index in [2.05, 4.69) is 19.2 Å². The van der Waals surface area contributed by atoms with Crippen molar-refractivity contribution in [2.24, 2.45) is 0 Å². The van der Waals surface area contributed by atoms with E-state index < -0.39 is 0 Å². The first-order chi connectivity index (χ1) is 5.66. The summed E-state index contributed by atoms with van der Waals surface area (Å²) in [6.45, 7) is 5.84. The SMILES string of the molecule is CCCCCC[C@H](C)NC(C)=O. The fourth-order valence-electron chi connectivity index (χ4n) is 1.30. The normalized spacial score (nSPS) is 12.6. The molecule has 2 heteroatoms. The van der Waals surface area contributed by atoms with Gasteiger partial charge in [0.05, 0.1) is 0 Å². The highest BCUT2D eigenvalue weighted by Crippen LogP contribution is 2.04. The van der Waals surface area contributed by atoms with Crippen molar-refractivity contribution in [3.05, 3.63) is 0 Å². The summed E-state index contributed by atoms with van der Waals surface area (Å²) in [5.41, 5.74) is 0. The van der Waals surface area contributed by atoms with E-state index in [0.29, 0.717) is 6.04 Å². The van der Waals surface area contributed by atoms with Crippen molar-refractivity contribution in [2.45, 2.75) is 58.9 Å². The molecule has 0 aromatic carbocycles. The van der Waals surface area contributed by atoms with Gasteiger partial charge in [-0.15, -0.1) is 0 Å². The monoisotopic (exact) mass is 171 g/mol. The largest absolute Gasteiger partial charge is 0.354 e. The Kier molecular flexibility index (Phi) is 6.82. The average Bonchev–Trinajstić information content (AvgIpc) is 1.97. The Morgan fingerprint density at radius 3 is 2.50 bits per heavy atom. The number of hydrogen-bond donors (Lipinski definition) is 1. The highest BCUT2D eigenvalue weighted by Gasteiger charge is 2.01. The molecule has 1 amide bonds. The molecule has 0 radical (unpaired) electrons. The van der Waals surface area contributed by atoms with Gasteiger partial charge in [-0.3, -0.25) is 4.79 Å². The van der Waals surface area contributed by atoms with Crippen LogP contribution in [0.15, 0.2) is 0 Å². The maximum Gasteiger partial charge on any atom is 0.217 e. The molecule has 1 N–H and O–H groups in total. The Hall–Kier alpha value is -0.530. The molecule has 0 aromatic rings. The minimum Gasteiger partial charge on any atom is -0.354 e. The quantitative estimate of drug-likeness (QED) is 0.611. The third kappa shape index (κ3) is 7.58. The first kappa shape index (κ1) is 11.5. The predicted octanol–water partition coefficient (Wildman–Crippen LogP) is 2.48. The lowest BCUT2D eigenvalue weighted by Gasteiger charge is -2.11. The maximum absolute atomic E-state index is 10.6. The lowest BCUT2D eigenvalue weighted by Crippen LogP contribution is -2.30. The van der Waals surface area contributed by atoms with Crippen molar-refractivity contribution in [3.63, 3.8) is 0 Å². The molecule has 0 aliphatic rings. The molecule has 0 heterocycles. The van der Waals surface area contributed by atoms with E-state index in [1.54, 1.807) is 6.92 Å². The zero-order chi connectivity index (χ0) is 9.40. The van der Waals surface area contributed by atoms with Crippen molar-refractivity contribution in [1.29, 1.82) is 0 Å². The molecule has 0 saturated carbocycles. The molecule has 0 fully saturated rings. The first-order valence-corrected chi connectivity index (χ1v) is 4.94. The van der Waals surface area contributed by atoms with E-state index in [0.717, 1.165) is 6.42 Å². The van der Waals surface area contributed by atoms with Gasteiger partial charge in [-0.1, -0.05) is 32.6 Å². The topological polar surface area (TPSA) is 29.1 Å². The van der Waals surface area contributed by atoms with Crippen LogP contribution in [0.2, 0.25) is 0 Å². The minimum absolute atomic E-state index is 0.0815. The Labute approximate surface area is 75.7 Å². The third-order valence-electron chi connectivity index (χ3n) is 1.94. The smallest absolute Gasteiger partial charge is 0.217 e. The zero-order valence-corrected chi connectivity index (χ0v) is 8.52. The van der Waals surface area contributed by atoms with Crippen LogP contribution in [0.25, 0.3) is 0 Å². The fourth-order valence-corrected chi connectivity index (χ4v) is 1.30. The first-order valence-electron chi connectivity index (χ1n) is 4.94. The number of nitrogens with one attached hydrogen (secondary N) is 1. The molecule has 0 spiro atoms. The van der Waals surface area contributed by atoms with Gasteiger partial charge < -0.3 is 5.32 Å². The summed E-state index contributed by atoms with van der Waals surface area (Å²) in [7, 11) is 0. The number of rotatable bonds is 6. The van der Waals surface area contributed by atoms with Crippen LogP contribution >= 0.6 is 0 Å². The maximum atomic E-state index is 10.6.